The second-order valence-corrected chi connectivity index (χ2v) is 6.06. The highest BCUT2D eigenvalue weighted by Crippen LogP contribution is 2.39. The number of H-pyrrole nitrogens is 1. The van der Waals surface area contributed by atoms with Crippen molar-refractivity contribution in [1.82, 2.24) is 15.5 Å². The summed E-state index contributed by atoms with van der Waals surface area (Å²) >= 11 is 0. The predicted octanol–water partition coefficient (Wildman–Crippen LogP) is 1.47. The molecule has 0 spiro atoms. The molecule has 1 fully saturated rings. The first kappa shape index (κ1) is 13.1. The first-order valence-corrected chi connectivity index (χ1v) is 6.40. The summed E-state index contributed by atoms with van der Waals surface area (Å²) in [7, 11) is 0. The quantitative estimate of drug-likeness (QED) is 0.761. The molecule has 1 amide bonds. The van der Waals surface area contributed by atoms with Crippen LogP contribution in [0.1, 0.15) is 49.9 Å². The lowest BCUT2D eigenvalue weighted by Gasteiger charge is -2.40. The molecule has 100 valence electrons. The van der Waals surface area contributed by atoms with Gasteiger partial charge in [-0.15, -0.1) is 0 Å². The molecule has 0 unspecified atom stereocenters. The van der Waals surface area contributed by atoms with Gasteiger partial charge in [-0.1, -0.05) is 13.8 Å². The number of carbonyl (C=O) groups excluding carboxylic acids is 1. The minimum atomic E-state index is -0.755. The Bertz CT molecular complexity index is 402. The van der Waals surface area contributed by atoms with E-state index < -0.39 is 5.60 Å². The number of nitrogens with zero attached hydrogens (tertiary/aromatic N) is 1. The maximum absolute atomic E-state index is 11.7. The Morgan fingerprint density at radius 3 is 2.67 bits per heavy atom. The minimum absolute atomic E-state index is 0.193. The maximum atomic E-state index is 11.7. The lowest BCUT2D eigenvalue weighted by Crippen LogP contribution is -2.46. The van der Waals surface area contributed by atoms with Crippen LogP contribution < -0.4 is 5.32 Å². The van der Waals surface area contributed by atoms with Crippen molar-refractivity contribution in [3.05, 3.63) is 18.0 Å². The molecule has 0 aromatic carbocycles. The zero-order chi connectivity index (χ0) is 13.2. The van der Waals surface area contributed by atoms with E-state index in [9.17, 15) is 9.90 Å². The Morgan fingerprint density at radius 1 is 1.44 bits per heavy atom. The summed E-state index contributed by atoms with van der Waals surface area (Å²) < 4.78 is 0. The third kappa shape index (κ3) is 3.10. The predicted molar refractivity (Wildman–Crippen MR) is 68.1 cm³/mol. The van der Waals surface area contributed by atoms with E-state index in [4.69, 9.17) is 0 Å². The highest BCUT2D eigenvalue weighted by Gasteiger charge is 2.36. The Labute approximate surface area is 107 Å². The second kappa shape index (κ2) is 4.72. The van der Waals surface area contributed by atoms with E-state index in [1.165, 1.54) is 6.20 Å². The Kier molecular flexibility index (Phi) is 3.43. The molecule has 1 aromatic heterocycles. The van der Waals surface area contributed by atoms with Gasteiger partial charge in [-0.2, -0.15) is 5.10 Å². The van der Waals surface area contributed by atoms with E-state index in [0.29, 0.717) is 17.5 Å². The van der Waals surface area contributed by atoms with Gasteiger partial charge in [0.05, 0.1) is 17.4 Å². The van der Waals surface area contributed by atoms with Crippen molar-refractivity contribution in [2.75, 3.05) is 6.54 Å². The van der Waals surface area contributed by atoms with Crippen LogP contribution in [0.3, 0.4) is 0 Å². The van der Waals surface area contributed by atoms with Gasteiger partial charge in [0.25, 0.3) is 5.91 Å². The lowest BCUT2D eigenvalue weighted by atomic mass is 9.71. The van der Waals surface area contributed by atoms with Gasteiger partial charge >= 0.3 is 0 Å². The molecule has 1 heterocycles. The van der Waals surface area contributed by atoms with Crippen molar-refractivity contribution in [3.8, 4) is 0 Å². The van der Waals surface area contributed by atoms with E-state index >= 15 is 0 Å². The van der Waals surface area contributed by atoms with E-state index in [1.54, 1.807) is 6.20 Å². The Balaban J connectivity index is 1.85. The molecule has 2 rings (SSSR count). The van der Waals surface area contributed by atoms with Gasteiger partial charge in [-0.25, -0.2) is 0 Å². The number of hydrogen-bond donors (Lipinski definition) is 3. The number of rotatable bonds is 3. The molecule has 0 radical (unpaired) electrons. The summed E-state index contributed by atoms with van der Waals surface area (Å²) in [5.41, 5.74) is 0.0464. The lowest BCUT2D eigenvalue weighted by molar-refractivity contribution is -0.0233. The van der Waals surface area contributed by atoms with Crippen LogP contribution in [0.25, 0.3) is 0 Å². The molecule has 0 bridgehead atoms. The maximum Gasteiger partial charge on any atom is 0.254 e. The molecule has 0 atom stereocenters. The molecule has 5 heteroatoms. The average molecular weight is 251 g/mol. The van der Waals surface area contributed by atoms with Crippen molar-refractivity contribution in [3.63, 3.8) is 0 Å². The van der Waals surface area contributed by atoms with Crippen LogP contribution in [0.4, 0.5) is 0 Å². The van der Waals surface area contributed by atoms with Crippen LogP contribution in [0, 0.1) is 5.41 Å². The SMILES string of the molecule is CC1(C)CCC(O)(CNC(=O)c2cn[nH]c2)CC1. The number of amides is 1. The summed E-state index contributed by atoms with van der Waals surface area (Å²) in [5.74, 6) is -0.193. The summed E-state index contributed by atoms with van der Waals surface area (Å²) in [6.45, 7) is 4.75. The second-order valence-electron chi connectivity index (χ2n) is 6.06. The van der Waals surface area contributed by atoms with E-state index in [-0.39, 0.29) is 5.91 Å². The minimum Gasteiger partial charge on any atom is -0.388 e. The van der Waals surface area contributed by atoms with Gasteiger partial charge in [0.2, 0.25) is 0 Å². The number of carbonyl (C=O) groups is 1. The smallest absolute Gasteiger partial charge is 0.254 e. The number of aliphatic hydroxyl groups is 1. The molecule has 1 aromatic rings. The average Bonchev–Trinajstić information content (AvgIpc) is 2.85. The zero-order valence-corrected chi connectivity index (χ0v) is 11.0. The third-order valence-corrected chi connectivity index (χ3v) is 3.87. The van der Waals surface area contributed by atoms with Crippen LogP contribution in [0.15, 0.2) is 12.4 Å². The van der Waals surface area contributed by atoms with Crippen LogP contribution in [-0.2, 0) is 0 Å². The molecule has 0 aliphatic heterocycles. The number of aromatic amines is 1. The molecule has 1 aliphatic rings. The molecule has 3 N–H and O–H groups in total. The highest BCUT2D eigenvalue weighted by molar-refractivity contribution is 5.93. The van der Waals surface area contributed by atoms with Crippen molar-refractivity contribution in [2.24, 2.45) is 5.41 Å². The zero-order valence-electron chi connectivity index (χ0n) is 11.0. The van der Waals surface area contributed by atoms with Crippen LogP contribution in [0.5, 0.6) is 0 Å². The van der Waals surface area contributed by atoms with Crippen molar-refractivity contribution >= 4 is 5.91 Å². The molecule has 1 aliphatic carbocycles. The van der Waals surface area contributed by atoms with Crippen LogP contribution in [0.2, 0.25) is 0 Å². The summed E-state index contributed by atoms with van der Waals surface area (Å²) in [5, 5.41) is 19.5. The Hall–Kier alpha value is -1.36. The molecular weight excluding hydrogens is 230 g/mol. The normalized spacial score (nSPS) is 21.5. The number of aromatic nitrogens is 2. The van der Waals surface area contributed by atoms with Crippen LogP contribution in [-0.4, -0.2) is 33.4 Å². The van der Waals surface area contributed by atoms with Crippen molar-refractivity contribution in [1.29, 1.82) is 0 Å². The van der Waals surface area contributed by atoms with Crippen molar-refractivity contribution in [2.45, 2.75) is 45.1 Å². The fraction of sp³-hybridized carbons (Fsp3) is 0.692. The number of hydrogen-bond acceptors (Lipinski definition) is 3. The van der Waals surface area contributed by atoms with Crippen LogP contribution >= 0.6 is 0 Å². The Morgan fingerprint density at radius 2 is 2.11 bits per heavy atom. The molecule has 5 nitrogen and oxygen atoms in total. The first-order chi connectivity index (χ1) is 8.40. The fourth-order valence-electron chi connectivity index (χ4n) is 2.29. The molecule has 1 saturated carbocycles. The van der Waals surface area contributed by atoms with Gasteiger partial charge in [-0.05, 0) is 31.1 Å². The highest BCUT2D eigenvalue weighted by atomic mass is 16.3. The van der Waals surface area contributed by atoms with Gasteiger partial charge in [0.15, 0.2) is 0 Å². The third-order valence-electron chi connectivity index (χ3n) is 3.87. The number of nitrogens with one attached hydrogen (secondary N) is 2. The summed E-state index contributed by atoms with van der Waals surface area (Å²) in [4.78, 5) is 11.7. The fourth-order valence-corrected chi connectivity index (χ4v) is 2.29. The first-order valence-electron chi connectivity index (χ1n) is 6.40. The standard InChI is InChI=1S/C13H21N3O2/c1-12(2)3-5-13(18,6-4-12)9-14-11(17)10-7-15-16-8-10/h7-8,18H,3-6,9H2,1-2H3,(H,14,17)(H,15,16). The molecule has 0 saturated heterocycles. The van der Waals surface area contributed by atoms with E-state index in [2.05, 4.69) is 29.4 Å². The van der Waals surface area contributed by atoms with Crippen molar-refractivity contribution < 1.29 is 9.90 Å². The summed E-state index contributed by atoms with van der Waals surface area (Å²) in [6, 6.07) is 0. The summed E-state index contributed by atoms with van der Waals surface area (Å²) in [6.07, 6.45) is 6.49. The van der Waals surface area contributed by atoms with E-state index in [0.717, 1.165) is 25.7 Å². The van der Waals surface area contributed by atoms with Gasteiger partial charge in [0, 0.05) is 12.7 Å². The monoisotopic (exact) mass is 251 g/mol. The van der Waals surface area contributed by atoms with Gasteiger partial charge < -0.3 is 10.4 Å². The van der Waals surface area contributed by atoms with E-state index in [1.807, 2.05) is 0 Å². The molecule has 18 heavy (non-hydrogen) atoms. The largest absolute Gasteiger partial charge is 0.388 e. The van der Waals surface area contributed by atoms with Gasteiger partial charge in [-0.3, -0.25) is 9.89 Å². The molecular formula is C13H21N3O2. The topological polar surface area (TPSA) is 78.0 Å². The van der Waals surface area contributed by atoms with Gasteiger partial charge in [0.1, 0.15) is 0 Å².